The molecule has 6 aliphatic rings. The van der Waals surface area contributed by atoms with Crippen LogP contribution in [0.5, 0.6) is 0 Å². The average molecular weight is 817 g/mol. The second-order valence-corrected chi connectivity index (χ2v) is 21.1. The van der Waals surface area contributed by atoms with Gasteiger partial charge in [0.15, 0.2) is 12.6 Å². The van der Waals surface area contributed by atoms with Crippen molar-refractivity contribution >= 4 is 0 Å². The second kappa shape index (κ2) is 16.3. The van der Waals surface area contributed by atoms with Crippen molar-refractivity contribution in [2.45, 2.75) is 204 Å². The van der Waals surface area contributed by atoms with E-state index in [1.807, 2.05) is 6.92 Å². The van der Waals surface area contributed by atoms with E-state index in [0.717, 1.165) is 44.9 Å². The van der Waals surface area contributed by atoms with Crippen molar-refractivity contribution in [3.05, 3.63) is 0 Å². The lowest BCUT2D eigenvalue weighted by atomic mass is 9.35. The van der Waals surface area contributed by atoms with Gasteiger partial charge in [-0.05, 0) is 130 Å². The van der Waals surface area contributed by atoms with Crippen LogP contribution in [-0.4, -0.2) is 151 Å². The molecule has 332 valence electrons. The number of rotatable bonds is 12. The molecule has 14 nitrogen and oxygen atoms in total. The molecule has 0 aromatic heterocycles. The fourth-order valence-electron chi connectivity index (χ4n) is 13.6. The Bertz CT molecular complexity index is 1380. The molecule has 0 aromatic rings. The van der Waals surface area contributed by atoms with Crippen molar-refractivity contribution in [1.82, 2.24) is 0 Å². The lowest BCUT2D eigenvalue weighted by Gasteiger charge is -2.70. The Hall–Kier alpha value is -0.560. The van der Waals surface area contributed by atoms with Gasteiger partial charge in [0.05, 0.1) is 36.6 Å². The molecule has 57 heavy (non-hydrogen) atoms. The number of aliphatic hydroxyl groups is 9. The number of aliphatic hydroxyl groups excluding tert-OH is 8. The van der Waals surface area contributed by atoms with Crippen LogP contribution in [0.25, 0.3) is 0 Å². The van der Waals surface area contributed by atoms with Crippen LogP contribution in [0.3, 0.4) is 0 Å². The summed E-state index contributed by atoms with van der Waals surface area (Å²) in [5.74, 6) is 0.381. The van der Waals surface area contributed by atoms with Crippen LogP contribution in [0.15, 0.2) is 0 Å². The Labute approximate surface area is 339 Å². The van der Waals surface area contributed by atoms with Gasteiger partial charge in [0, 0.05) is 7.11 Å². The SMILES string of the molecule is COC(C)(C)CCC[C@@](C)(O)[C@H]1CC[C@]2(C)[C@@H]1[C@H](O)C[C@@H]1[C@@]3(C)CC[C@H](O[C@@H]4O[C@H](CO)[C@@H](O)[C@H](O)[C@H]4O[C@@H]4O[C@H](CO)[C@@H](O)[C@H](O)[C@H]4O)C(C)(C)[C@@H]3CC[C@]12C. The number of ether oxygens (including phenoxy) is 5. The maximum absolute atomic E-state index is 12.2. The number of hydrogen-bond donors (Lipinski definition) is 9. The summed E-state index contributed by atoms with van der Waals surface area (Å²) in [5.41, 5.74) is -1.99. The summed E-state index contributed by atoms with van der Waals surface area (Å²) in [6.07, 6.45) is -7.94. The van der Waals surface area contributed by atoms with E-state index >= 15 is 0 Å². The molecular formula is C43H76O14. The molecule has 6 rings (SSSR count). The maximum atomic E-state index is 12.2. The molecule has 14 heteroatoms. The number of hydrogen-bond acceptors (Lipinski definition) is 14. The Morgan fingerprint density at radius 2 is 1.26 bits per heavy atom. The summed E-state index contributed by atoms with van der Waals surface area (Å²) in [6.45, 7) is 16.4. The highest BCUT2D eigenvalue weighted by atomic mass is 16.8. The topological polar surface area (TPSA) is 228 Å². The van der Waals surface area contributed by atoms with Crippen LogP contribution < -0.4 is 0 Å². The zero-order valence-corrected chi connectivity index (χ0v) is 35.8. The molecule has 2 aliphatic heterocycles. The highest BCUT2D eigenvalue weighted by molar-refractivity contribution is 5.20. The Balaban J connectivity index is 1.21. The van der Waals surface area contributed by atoms with E-state index in [1.165, 1.54) is 0 Å². The zero-order valence-electron chi connectivity index (χ0n) is 35.8. The Kier molecular flexibility index (Phi) is 13.1. The molecule has 0 bridgehead atoms. The van der Waals surface area contributed by atoms with E-state index in [4.69, 9.17) is 23.7 Å². The Morgan fingerprint density at radius 1 is 0.667 bits per heavy atom. The van der Waals surface area contributed by atoms with Crippen LogP contribution in [0.4, 0.5) is 0 Å². The van der Waals surface area contributed by atoms with E-state index in [0.29, 0.717) is 19.3 Å². The van der Waals surface area contributed by atoms with Crippen molar-refractivity contribution in [1.29, 1.82) is 0 Å². The van der Waals surface area contributed by atoms with E-state index < -0.39 is 97.8 Å². The van der Waals surface area contributed by atoms with Gasteiger partial charge in [-0.15, -0.1) is 0 Å². The van der Waals surface area contributed by atoms with Crippen molar-refractivity contribution in [3.8, 4) is 0 Å². The van der Waals surface area contributed by atoms with Gasteiger partial charge in [0.2, 0.25) is 0 Å². The third-order valence-electron chi connectivity index (χ3n) is 17.4. The first-order chi connectivity index (χ1) is 26.4. The summed E-state index contributed by atoms with van der Waals surface area (Å²) in [6, 6.07) is 0. The van der Waals surface area contributed by atoms with Crippen LogP contribution in [0.2, 0.25) is 0 Å². The van der Waals surface area contributed by atoms with Gasteiger partial charge in [-0.2, -0.15) is 0 Å². The van der Waals surface area contributed by atoms with Crippen LogP contribution in [-0.2, 0) is 23.7 Å². The van der Waals surface area contributed by atoms with E-state index in [2.05, 4.69) is 48.5 Å². The normalized spacial score (nSPS) is 51.1. The summed E-state index contributed by atoms with van der Waals surface area (Å²) in [5, 5.41) is 97.7. The lowest BCUT2D eigenvalue weighted by molar-refractivity contribution is -0.378. The molecule has 20 atom stereocenters. The molecule has 0 spiro atoms. The molecule has 4 aliphatic carbocycles. The molecule has 9 N–H and O–H groups in total. The third kappa shape index (κ3) is 7.70. The third-order valence-corrected chi connectivity index (χ3v) is 17.4. The zero-order chi connectivity index (χ0) is 42.3. The van der Waals surface area contributed by atoms with Crippen molar-refractivity contribution in [2.24, 2.45) is 45.3 Å². The summed E-state index contributed by atoms with van der Waals surface area (Å²) in [4.78, 5) is 0. The van der Waals surface area contributed by atoms with Crippen LogP contribution >= 0.6 is 0 Å². The first kappa shape index (κ1) is 46.0. The lowest BCUT2D eigenvalue weighted by Crippen LogP contribution is -2.68. The molecule has 0 aromatic carbocycles. The maximum Gasteiger partial charge on any atom is 0.187 e. The summed E-state index contributed by atoms with van der Waals surface area (Å²) < 4.78 is 30.0. The summed E-state index contributed by atoms with van der Waals surface area (Å²) in [7, 11) is 1.73. The van der Waals surface area contributed by atoms with Crippen molar-refractivity contribution in [2.75, 3.05) is 20.3 Å². The molecule has 0 radical (unpaired) electrons. The minimum atomic E-state index is -1.76. The minimum absolute atomic E-state index is 0.00251. The number of methoxy groups -OCH3 is 1. The average Bonchev–Trinajstić information content (AvgIpc) is 3.53. The standard InChI is InChI=1S/C43H76O14/c1-38(2,53-9)14-10-15-43(8,52)22-11-17-42(7)29(22)23(46)19-27-40(5)16-13-28(39(3,4)26(40)12-18-41(27,42)6)56-37-35(33(50)31(48)25(21-45)55-37)57-36-34(51)32(49)30(47)24(20-44)54-36/h22-37,44-52H,10-21H2,1-9H3/t22-,23+,24+,25+,26-,27+,28-,29-,30+,31+,32-,33-,34+,35+,36-,37-,40-,41+,42+,43+/m0/s1. The molecule has 2 heterocycles. The fourth-order valence-corrected chi connectivity index (χ4v) is 13.6. The van der Waals surface area contributed by atoms with Gasteiger partial charge in [-0.3, -0.25) is 0 Å². The molecule has 0 unspecified atom stereocenters. The quantitative estimate of drug-likeness (QED) is 0.129. The molecule has 2 saturated heterocycles. The van der Waals surface area contributed by atoms with Gasteiger partial charge >= 0.3 is 0 Å². The molecular weight excluding hydrogens is 740 g/mol. The van der Waals surface area contributed by atoms with E-state index in [1.54, 1.807) is 7.11 Å². The van der Waals surface area contributed by atoms with Crippen molar-refractivity contribution < 1.29 is 69.6 Å². The van der Waals surface area contributed by atoms with Gasteiger partial charge in [-0.25, -0.2) is 0 Å². The van der Waals surface area contributed by atoms with Crippen molar-refractivity contribution in [3.63, 3.8) is 0 Å². The minimum Gasteiger partial charge on any atom is -0.394 e. The predicted molar refractivity (Wildman–Crippen MR) is 207 cm³/mol. The molecule has 4 saturated carbocycles. The highest BCUT2D eigenvalue weighted by Crippen LogP contribution is 2.76. The van der Waals surface area contributed by atoms with Gasteiger partial charge < -0.3 is 69.6 Å². The summed E-state index contributed by atoms with van der Waals surface area (Å²) >= 11 is 0. The smallest absolute Gasteiger partial charge is 0.187 e. The Morgan fingerprint density at radius 3 is 1.88 bits per heavy atom. The van der Waals surface area contributed by atoms with Gasteiger partial charge in [0.25, 0.3) is 0 Å². The fraction of sp³-hybridized carbons (Fsp3) is 1.00. The molecule has 6 fully saturated rings. The largest absolute Gasteiger partial charge is 0.394 e. The number of fused-ring (bicyclic) bond motifs is 5. The second-order valence-electron chi connectivity index (χ2n) is 21.1. The monoisotopic (exact) mass is 817 g/mol. The predicted octanol–water partition coefficient (Wildman–Crippen LogP) is 2.00. The highest BCUT2D eigenvalue weighted by Gasteiger charge is 2.71. The first-order valence-electron chi connectivity index (χ1n) is 21.6. The van der Waals surface area contributed by atoms with Gasteiger partial charge in [0.1, 0.15) is 48.8 Å². The van der Waals surface area contributed by atoms with Gasteiger partial charge in [-0.1, -0.05) is 34.6 Å². The van der Waals surface area contributed by atoms with E-state index in [-0.39, 0.29) is 45.5 Å². The van der Waals surface area contributed by atoms with E-state index in [9.17, 15) is 46.0 Å². The van der Waals surface area contributed by atoms with Crippen LogP contribution in [0, 0.1) is 45.3 Å². The molecule has 0 amide bonds. The van der Waals surface area contributed by atoms with Crippen LogP contribution in [0.1, 0.15) is 120 Å². The first-order valence-corrected chi connectivity index (χ1v) is 21.6.